The summed E-state index contributed by atoms with van der Waals surface area (Å²) in [5, 5.41) is 4.36. The maximum absolute atomic E-state index is 13.2. The van der Waals surface area contributed by atoms with Crippen molar-refractivity contribution >= 4 is 26.5 Å². The average molecular weight is 452 g/mol. The quantitative estimate of drug-likeness (QED) is 0.620. The lowest BCUT2D eigenvalue weighted by Crippen LogP contribution is -2.37. The number of hydrogen-bond donors (Lipinski definition) is 1. The largest absolute Gasteiger partial charge is 0.294 e. The molecule has 7 nitrogen and oxygen atoms in total. The van der Waals surface area contributed by atoms with Gasteiger partial charge in [-0.15, -0.1) is 9.89 Å². The van der Waals surface area contributed by atoms with E-state index >= 15 is 0 Å². The minimum Gasteiger partial charge on any atom is -0.273 e. The maximum atomic E-state index is 13.2. The van der Waals surface area contributed by atoms with Crippen molar-refractivity contribution in [3.8, 4) is 0 Å². The van der Waals surface area contributed by atoms with Crippen LogP contribution >= 0.6 is 0 Å². The molecule has 0 aliphatic heterocycles. The van der Waals surface area contributed by atoms with Crippen molar-refractivity contribution in [3.63, 3.8) is 0 Å². The van der Waals surface area contributed by atoms with Gasteiger partial charge in [0.15, 0.2) is 5.03 Å². The summed E-state index contributed by atoms with van der Waals surface area (Å²) in [6, 6.07) is 15.3. The Morgan fingerprint density at radius 2 is 1.72 bits per heavy atom. The first-order valence-electron chi connectivity index (χ1n) is 11.0. The van der Waals surface area contributed by atoms with E-state index in [-0.39, 0.29) is 27.5 Å². The lowest BCUT2D eigenvalue weighted by molar-refractivity contribution is -0.118. The van der Waals surface area contributed by atoms with Gasteiger partial charge in [0.25, 0.3) is 5.56 Å². The second kappa shape index (κ2) is 8.16. The van der Waals surface area contributed by atoms with Crippen molar-refractivity contribution < 1.29 is 13.2 Å². The van der Waals surface area contributed by atoms with Gasteiger partial charge in [0.2, 0.25) is 15.7 Å². The van der Waals surface area contributed by atoms with Gasteiger partial charge in [0.05, 0.1) is 11.1 Å². The van der Waals surface area contributed by atoms with Gasteiger partial charge >= 0.3 is 0 Å². The van der Waals surface area contributed by atoms with Crippen molar-refractivity contribution in [1.29, 1.82) is 0 Å². The van der Waals surface area contributed by atoms with Crippen LogP contribution in [0.5, 0.6) is 0 Å². The highest BCUT2D eigenvalue weighted by molar-refractivity contribution is 7.90. The van der Waals surface area contributed by atoms with Crippen LogP contribution < -0.4 is 11.0 Å². The fourth-order valence-corrected chi connectivity index (χ4v) is 6.84. The van der Waals surface area contributed by atoms with E-state index in [1.54, 1.807) is 48.5 Å². The van der Waals surface area contributed by atoms with Crippen molar-refractivity contribution in [1.82, 2.24) is 9.89 Å². The standard InChI is InChI=1S/C24H25N3O4S/c28-22(14-19-13-17-10-11-18(19)12-17)25-27-24(29)21-9-5-4-8-20(21)23(26-27)32(30,31)15-16-6-2-1-3-7-16/h1-9,17-19H,10-15H2,(H,25,28)/t17-,18+,19-/m1/s1. The Balaban J connectivity index is 1.48. The number of rotatable bonds is 6. The minimum absolute atomic E-state index is 0.203. The molecule has 0 spiro atoms. The van der Waals surface area contributed by atoms with Crippen LogP contribution in [0, 0.1) is 17.8 Å². The van der Waals surface area contributed by atoms with E-state index < -0.39 is 15.4 Å². The number of carbonyl (C=O) groups excluding carboxylic acids is 1. The molecule has 2 aliphatic carbocycles. The Bertz CT molecular complexity index is 1330. The summed E-state index contributed by atoms with van der Waals surface area (Å²) in [5.74, 6) is 1.07. The molecule has 5 rings (SSSR count). The molecule has 2 saturated carbocycles. The predicted octanol–water partition coefficient (Wildman–Crippen LogP) is 3.27. The molecule has 2 aromatic carbocycles. The van der Waals surface area contributed by atoms with Gasteiger partial charge in [-0.25, -0.2) is 13.8 Å². The van der Waals surface area contributed by atoms with Crippen LogP contribution in [0.25, 0.3) is 10.8 Å². The second-order valence-corrected chi connectivity index (χ2v) is 10.9. The van der Waals surface area contributed by atoms with Gasteiger partial charge in [0.1, 0.15) is 0 Å². The van der Waals surface area contributed by atoms with E-state index in [0.29, 0.717) is 29.7 Å². The van der Waals surface area contributed by atoms with Gasteiger partial charge in [-0.1, -0.05) is 55.0 Å². The SMILES string of the molecule is O=C(C[C@H]1C[C@@H]2CC[C@H]1C2)Nn1nc(S(=O)(=O)Cc2ccccc2)c2ccccc2c1=O. The summed E-state index contributed by atoms with van der Waals surface area (Å²) in [7, 11) is -3.87. The van der Waals surface area contributed by atoms with E-state index in [0.717, 1.165) is 11.2 Å². The highest BCUT2D eigenvalue weighted by atomic mass is 32.2. The van der Waals surface area contributed by atoms with E-state index in [9.17, 15) is 18.0 Å². The topological polar surface area (TPSA) is 98.1 Å². The van der Waals surface area contributed by atoms with E-state index in [2.05, 4.69) is 10.5 Å². The number of sulfone groups is 1. The number of aromatic nitrogens is 2. The van der Waals surface area contributed by atoms with Crippen molar-refractivity contribution in [2.75, 3.05) is 5.43 Å². The van der Waals surface area contributed by atoms with Crippen LogP contribution in [0.15, 0.2) is 64.4 Å². The number of hydrogen-bond acceptors (Lipinski definition) is 5. The fraction of sp³-hybridized carbons (Fsp3) is 0.375. The number of amides is 1. The highest BCUT2D eigenvalue weighted by Gasteiger charge is 2.40. The third-order valence-electron chi connectivity index (χ3n) is 6.83. The van der Waals surface area contributed by atoms with Crippen LogP contribution in [0.2, 0.25) is 0 Å². The number of benzene rings is 2. The highest BCUT2D eigenvalue weighted by Crippen LogP contribution is 2.49. The Morgan fingerprint density at radius 3 is 2.41 bits per heavy atom. The smallest absolute Gasteiger partial charge is 0.273 e. The summed E-state index contributed by atoms with van der Waals surface area (Å²) in [6.45, 7) is 0. The molecule has 1 amide bonds. The third kappa shape index (κ3) is 3.95. The Morgan fingerprint density at radius 1 is 1.00 bits per heavy atom. The van der Waals surface area contributed by atoms with E-state index in [1.165, 1.54) is 19.3 Å². The molecule has 1 N–H and O–H groups in total. The molecular weight excluding hydrogens is 426 g/mol. The van der Waals surface area contributed by atoms with Crippen LogP contribution in [-0.4, -0.2) is 24.2 Å². The summed E-state index contributed by atoms with van der Waals surface area (Å²) in [5.41, 5.74) is 2.64. The van der Waals surface area contributed by atoms with Crippen LogP contribution in [0.4, 0.5) is 0 Å². The molecule has 1 heterocycles. The molecule has 1 aromatic heterocycles. The van der Waals surface area contributed by atoms with Gasteiger partial charge in [0, 0.05) is 11.8 Å². The maximum Gasteiger partial charge on any atom is 0.294 e. The van der Waals surface area contributed by atoms with Gasteiger partial charge < -0.3 is 0 Å². The zero-order chi connectivity index (χ0) is 22.3. The summed E-state index contributed by atoms with van der Waals surface area (Å²) in [6.07, 6.45) is 4.98. The minimum atomic E-state index is -3.87. The Hall–Kier alpha value is -3.00. The first kappa shape index (κ1) is 20.9. The lowest BCUT2D eigenvalue weighted by atomic mass is 9.86. The van der Waals surface area contributed by atoms with E-state index in [1.807, 2.05) is 6.07 Å². The molecule has 0 radical (unpaired) electrons. The molecule has 32 heavy (non-hydrogen) atoms. The number of fused-ring (bicyclic) bond motifs is 3. The summed E-state index contributed by atoms with van der Waals surface area (Å²) < 4.78 is 26.5. The summed E-state index contributed by atoms with van der Waals surface area (Å²) >= 11 is 0. The van der Waals surface area contributed by atoms with Gasteiger partial charge in [-0.05, 0) is 48.6 Å². The van der Waals surface area contributed by atoms with Gasteiger partial charge in [-0.2, -0.15) is 0 Å². The predicted molar refractivity (Wildman–Crippen MR) is 121 cm³/mol. The van der Waals surface area contributed by atoms with Crippen molar-refractivity contribution in [3.05, 3.63) is 70.5 Å². The number of carbonyl (C=O) groups is 1. The molecule has 8 heteroatoms. The van der Waals surface area contributed by atoms with Crippen LogP contribution in [-0.2, 0) is 20.4 Å². The number of nitrogens with one attached hydrogen (secondary N) is 1. The molecule has 2 aliphatic rings. The third-order valence-corrected chi connectivity index (χ3v) is 8.43. The normalized spacial score (nSPS) is 22.3. The zero-order valence-corrected chi connectivity index (χ0v) is 18.4. The molecule has 0 unspecified atom stereocenters. The van der Waals surface area contributed by atoms with E-state index in [4.69, 9.17) is 0 Å². The Labute approximate surface area is 186 Å². The molecule has 2 fully saturated rings. The molecular formula is C24H25N3O4S. The van der Waals surface area contributed by atoms with Crippen LogP contribution in [0.1, 0.15) is 37.7 Å². The molecule has 2 bridgehead atoms. The van der Waals surface area contributed by atoms with Crippen molar-refractivity contribution in [2.45, 2.75) is 42.9 Å². The molecule has 3 atom stereocenters. The molecule has 166 valence electrons. The monoisotopic (exact) mass is 451 g/mol. The first-order valence-corrected chi connectivity index (χ1v) is 12.6. The van der Waals surface area contributed by atoms with Gasteiger partial charge in [-0.3, -0.25) is 9.59 Å². The molecule has 0 saturated heterocycles. The first-order chi connectivity index (χ1) is 15.4. The summed E-state index contributed by atoms with van der Waals surface area (Å²) in [4.78, 5) is 26.5. The fourth-order valence-electron chi connectivity index (χ4n) is 5.36. The zero-order valence-electron chi connectivity index (χ0n) is 17.6. The van der Waals surface area contributed by atoms with Crippen molar-refractivity contribution in [2.24, 2.45) is 17.8 Å². The van der Waals surface area contributed by atoms with Crippen LogP contribution in [0.3, 0.4) is 0 Å². The Kier molecular flexibility index (Phi) is 5.33. The average Bonchev–Trinajstić information content (AvgIpc) is 3.39. The lowest BCUT2D eigenvalue weighted by Gasteiger charge is -2.21. The molecule has 3 aromatic rings. The second-order valence-electron chi connectivity index (χ2n) is 8.99. The number of nitrogens with zero attached hydrogens (tertiary/aromatic N) is 2.